The van der Waals surface area contributed by atoms with Gasteiger partial charge in [-0.3, -0.25) is 20.6 Å². The standard InChI is InChI=1S/C7H10N4O2/c1-9-7(8)11-10-6(12)5-3-2-4-13-5/h2-4H,1H3,(H,10,12)(H3,8,9,11). The molecule has 0 radical (unpaired) electrons. The number of aliphatic imine (C=N–C) groups is 1. The lowest BCUT2D eigenvalue weighted by Crippen LogP contribution is -2.45. The minimum Gasteiger partial charge on any atom is -0.459 e. The summed E-state index contributed by atoms with van der Waals surface area (Å²) < 4.78 is 4.83. The van der Waals surface area contributed by atoms with E-state index in [1.807, 2.05) is 0 Å². The van der Waals surface area contributed by atoms with Crippen LogP contribution in [0.15, 0.2) is 27.8 Å². The topological polar surface area (TPSA) is 92.6 Å². The number of hydrogen-bond donors (Lipinski definition) is 3. The summed E-state index contributed by atoms with van der Waals surface area (Å²) in [5.74, 6) is -0.0760. The molecular formula is C7H10N4O2. The largest absolute Gasteiger partial charge is 0.459 e. The molecule has 6 heteroatoms. The van der Waals surface area contributed by atoms with Crippen molar-refractivity contribution >= 4 is 11.9 Å². The Morgan fingerprint density at radius 2 is 2.38 bits per heavy atom. The lowest BCUT2D eigenvalue weighted by molar-refractivity contribution is 0.0915. The Hall–Kier alpha value is -1.98. The number of hydrogen-bond acceptors (Lipinski definition) is 3. The second-order valence-electron chi connectivity index (χ2n) is 2.17. The van der Waals surface area contributed by atoms with E-state index in [4.69, 9.17) is 10.2 Å². The summed E-state index contributed by atoms with van der Waals surface area (Å²) in [4.78, 5) is 14.7. The molecule has 1 aromatic heterocycles. The molecule has 0 fully saturated rings. The lowest BCUT2D eigenvalue weighted by atomic mass is 10.4. The SMILES string of the molecule is CN=C(N)NNC(=O)c1ccco1. The maximum atomic E-state index is 11.1. The van der Waals surface area contributed by atoms with Crippen molar-refractivity contribution in [1.29, 1.82) is 0 Å². The van der Waals surface area contributed by atoms with Crippen molar-refractivity contribution in [2.75, 3.05) is 7.05 Å². The minimum absolute atomic E-state index is 0.125. The van der Waals surface area contributed by atoms with Crippen LogP contribution in [0, 0.1) is 0 Å². The molecule has 0 saturated heterocycles. The van der Waals surface area contributed by atoms with Crippen LogP contribution in [-0.4, -0.2) is 18.9 Å². The second kappa shape index (κ2) is 4.15. The molecule has 0 aromatic carbocycles. The van der Waals surface area contributed by atoms with E-state index in [1.165, 1.54) is 19.4 Å². The molecule has 1 amide bonds. The zero-order valence-corrected chi connectivity index (χ0v) is 7.07. The fourth-order valence-electron chi connectivity index (χ4n) is 0.646. The van der Waals surface area contributed by atoms with E-state index in [0.29, 0.717) is 0 Å². The summed E-state index contributed by atoms with van der Waals surface area (Å²) in [7, 11) is 1.50. The summed E-state index contributed by atoms with van der Waals surface area (Å²) in [5.41, 5.74) is 9.95. The first-order valence-electron chi connectivity index (χ1n) is 3.56. The van der Waals surface area contributed by atoms with Gasteiger partial charge in [-0.15, -0.1) is 0 Å². The van der Waals surface area contributed by atoms with E-state index in [-0.39, 0.29) is 11.7 Å². The number of nitrogens with one attached hydrogen (secondary N) is 2. The van der Waals surface area contributed by atoms with Crippen molar-refractivity contribution < 1.29 is 9.21 Å². The van der Waals surface area contributed by atoms with Crippen LogP contribution in [0.25, 0.3) is 0 Å². The van der Waals surface area contributed by atoms with Gasteiger partial charge < -0.3 is 10.2 Å². The highest BCUT2D eigenvalue weighted by Crippen LogP contribution is 1.97. The van der Waals surface area contributed by atoms with Gasteiger partial charge in [-0.05, 0) is 12.1 Å². The van der Waals surface area contributed by atoms with E-state index >= 15 is 0 Å². The van der Waals surface area contributed by atoms with Gasteiger partial charge in [0.1, 0.15) is 0 Å². The third kappa shape index (κ3) is 2.51. The molecule has 0 unspecified atom stereocenters. The number of furan rings is 1. The van der Waals surface area contributed by atoms with Crippen molar-refractivity contribution in [3.05, 3.63) is 24.2 Å². The zero-order valence-electron chi connectivity index (χ0n) is 7.07. The Kier molecular flexibility index (Phi) is 2.91. The van der Waals surface area contributed by atoms with Gasteiger partial charge >= 0.3 is 5.91 Å². The molecular weight excluding hydrogens is 172 g/mol. The van der Waals surface area contributed by atoms with Crippen LogP contribution in [0.4, 0.5) is 0 Å². The Morgan fingerprint density at radius 1 is 1.62 bits per heavy atom. The first-order valence-corrected chi connectivity index (χ1v) is 3.56. The second-order valence-corrected chi connectivity index (χ2v) is 2.17. The average Bonchev–Trinajstić information content (AvgIpc) is 2.66. The third-order valence-electron chi connectivity index (χ3n) is 1.29. The Balaban J connectivity index is 2.44. The summed E-state index contributed by atoms with van der Waals surface area (Å²) in [6.45, 7) is 0. The normalized spacial score (nSPS) is 11.0. The number of guanidine groups is 1. The van der Waals surface area contributed by atoms with Crippen LogP contribution >= 0.6 is 0 Å². The van der Waals surface area contributed by atoms with E-state index in [1.54, 1.807) is 6.07 Å². The number of nitrogens with two attached hydrogens (primary N) is 1. The number of rotatable bonds is 1. The van der Waals surface area contributed by atoms with Gasteiger partial charge in [-0.25, -0.2) is 0 Å². The highest BCUT2D eigenvalue weighted by Gasteiger charge is 2.06. The zero-order chi connectivity index (χ0) is 9.68. The highest BCUT2D eigenvalue weighted by molar-refractivity contribution is 5.93. The number of amides is 1. The summed E-state index contributed by atoms with van der Waals surface area (Å²) in [5, 5.41) is 0. The molecule has 1 heterocycles. The quantitative estimate of drug-likeness (QED) is 0.309. The first kappa shape index (κ1) is 9.11. The van der Waals surface area contributed by atoms with Gasteiger partial charge in [0.2, 0.25) is 5.96 Å². The average molecular weight is 182 g/mol. The molecule has 1 rings (SSSR count). The Bertz CT molecular complexity index is 304. The summed E-state index contributed by atoms with van der Waals surface area (Å²) in [6, 6.07) is 3.16. The lowest BCUT2D eigenvalue weighted by Gasteiger charge is -2.04. The minimum atomic E-state index is -0.406. The molecule has 0 bridgehead atoms. The van der Waals surface area contributed by atoms with Gasteiger partial charge in [0, 0.05) is 7.05 Å². The van der Waals surface area contributed by atoms with Crippen molar-refractivity contribution in [2.24, 2.45) is 10.7 Å². The summed E-state index contributed by atoms with van der Waals surface area (Å²) >= 11 is 0. The van der Waals surface area contributed by atoms with E-state index in [2.05, 4.69) is 15.8 Å². The molecule has 0 atom stereocenters. The number of hydrazine groups is 1. The molecule has 0 aliphatic carbocycles. The smallest absolute Gasteiger partial charge is 0.305 e. The van der Waals surface area contributed by atoms with Crippen molar-refractivity contribution in [2.45, 2.75) is 0 Å². The molecule has 1 aromatic rings. The number of nitrogens with zero attached hydrogens (tertiary/aromatic N) is 1. The molecule has 4 N–H and O–H groups in total. The molecule has 70 valence electrons. The molecule has 0 saturated carbocycles. The Morgan fingerprint density at radius 3 is 2.92 bits per heavy atom. The third-order valence-corrected chi connectivity index (χ3v) is 1.29. The molecule has 0 spiro atoms. The van der Waals surface area contributed by atoms with E-state index in [0.717, 1.165) is 0 Å². The maximum absolute atomic E-state index is 11.1. The summed E-state index contributed by atoms with van der Waals surface area (Å²) in [6.07, 6.45) is 1.41. The van der Waals surface area contributed by atoms with Crippen LogP contribution in [0.5, 0.6) is 0 Å². The molecule has 0 aliphatic rings. The van der Waals surface area contributed by atoms with Crippen LogP contribution in [-0.2, 0) is 0 Å². The predicted molar refractivity (Wildman–Crippen MR) is 46.9 cm³/mol. The van der Waals surface area contributed by atoms with Crippen LogP contribution in [0.3, 0.4) is 0 Å². The van der Waals surface area contributed by atoms with Gasteiger partial charge in [-0.2, -0.15) is 0 Å². The van der Waals surface area contributed by atoms with E-state index in [9.17, 15) is 4.79 Å². The fourth-order valence-corrected chi connectivity index (χ4v) is 0.646. The molecule has 13 heavy (non-hydrogen) atoms. The maximum Gasteiger partial charge on any atom is 0.305 e. The van der Waals surface area contributed by atoms with Crippen LogP contribution in [0.1, 0.15) is 10.6 Å². The van der Waals surface area contributed by atoms with Crippen LogP contribution < -0.4 is 16.6 Å². The van der Waals surface area contributed by atoms with Crippen molar-refractivity contribution in [3.8, 4) is 0 Å². The molecule has 6 nitrogen and oxygen atoms in total. The van der Waals surface area contributed by atoms with E-state index < -0.39 is 5.91 Å². The number of carbonyl (C=O) groups is 1. The van der Waals surface area contributed by atoms with Crippen molar-refractivity contribution in [3.63, 3.8) is 0 Å². The monoisotopic (exact) mass is 182 g/mol. The van der Waals surface area contributed by atoms with Gasteiger partial charge in [0.05, 0.1) is 6.26 Å². The highest BCUT2D eigenvalue weighted by atomic mass is 16.3. The van der Waals surface area contributed by atoms with Gasteiger partial charge in [0.25, 0.3) is 0 Å². The fraction of sp³-hybridized carbons (Fsp3) is 0.143. The molecule has 0 aliphatic heterocycles. The van der Waals surface area contributed by atoms with Gasteiger partial charge in [0.15, 0.2) is 5.76 Å². The van der Waals surface area contributed by atoms with Crippen LogP contribution in [0.2, 0.25) is 0 Å². The first-order chi connectivity index (χ1) is 6.24. The van der Waals surface area contributed by atoms with Gasteiger partial charge in [-0.1, -0.05) is 0 Å². The number of carbonyl (C=O) groups excluding carboxylic acids is 1. The predicted octanol–water partition coefficient (Wildman–Crippen LogP) is -0.541. The van der Waals surface area contributed by atoms with Crippen molar-refractivity contribution in [1.82, 2.24) is 10.9 Å². The Labute approximate surface area is 74.8 Å².